The first-order valence-corrected chi connectivity index (χ1v) is 7.24. The molecule has 0 aliphatic rings. The third kappa shape index (κ3) is 4.84. The average molecular weight is 275 g/mol. The summed E-state index contributed by atoms with van der Waals surface area (Å²) >= 11 is 0. The Morgan fingerprint density at radius 2 is 2.15 bits per heavy atom. The molecular formula is C16H25N3O. The molecule has 4 heteroatoms. The monoisotopic (exact) mass is 275 g/mol. The van der Waals surface area contributed by atoms with E-state index < -0.39 is 0 Å². The molecule has 0 radical (unpaired) electrons. The summed E-state index contributed by atoms with van der Waals surface area (Å²) in [5, 5.41) is 12.7. The molecule has 0 saturated carbocycles. The molecule has 0 saturated heterocycles. The summed E-state index contributed by atoms with van der Waals surface area (Å²) in [5.41, 5.74) is 2.88. The molecular weight excluding hydrogens is 250 g/mol. The maximum Gasteiger partial charge on any atom is 0.101 e. The highest BCUT2D eigenvalue weighted by atomic mass is 16.5. The van der Waals surface area contributed by atoms with Crippen LogP contribution < -0.4 is 10.2 Å². The zero-order chi connectivity index (χ0) is 14.8. The first-order valence-electron chi connectivity index (χ1n) is 7.24. The smallest absolute Gasteiger partial charge is 0.101 e. The fourth-order valence-electron chi connectivity index (χ4n) is 2.12. The van der Waals surface area contributed by atoms with Gasteiger partial charge in [-0.15, -0.1) is 0 Å². The molecule has 0 aliphatic heterocycles. The summed E-state index contributed by atoms with van der Waals surface area (Å²) in [7, 11) is 1.70. The van der Waals surface area contributed by atoms with Gasteiger partial charge in [0.25, 0.3) is 0 Å². The van der Waals surface area contributed by atoms with Crippen molar-refractivity contribution >= 4 is 5.69 Å². The number of nitrogens with zero attached hydrogens (tertiary/aromatic N) is 2. The Balaban J connectivity index is 2.83. The maximum atomic E-state index is 9.36. The third-order valence-electron chi connectivity index (χ3n) is 3.23. The fraction of sp³-hybridized carbons (Fsp3) is 0.562. The van der Waals surface area contributed by atoms with Gasteiger partial charge in [-0.3, -0.25) is 0 Å². The van der Waals surface area contributed by atoms with Crippen LogP contribution in [0.1, 0.15) is 31.4 Å². The van der Waals surface area contributed by atoms with Gasteiger partial charge in [-0.1, -0.05) is 13.0 Å². The van der Waals surface area contributed by atoms with Crippen LogP contribution in [0.5, 0.6) is 0 Å². The van der Waals surface area contributed by atoms with E-state index in [4.69, 9.17) is 4.74 Å². The number of rotatable bonds is 9. The predicted octanol–water partition coefficient (Wildman–Crippen LogP) is 2.53. The van der Waals surface area contributed by atoms with Gasteiger partial charge in [0.1, 0.15) is 6.07 Å². The molecule has 20 heavy (non-hydrogen) atoms. The Kier molecular flexibility index (Phi) is 7.71. The highest BCUT2D eigenvalue weighted by Gasteiger charge is 2.10. The molecule has 0 aliphatic carbocycles. The molecule has 1 aromatic rings. The number of benzene rings is 1. The molecule has 0 fully saturated rings. The van der Waals surface area contributed by atoms with E-state index in [1.54, 1.807) is 7.11 Å². The van der Waals surface area contributed by atoms with E-state index in [9.17, 15) is 5.26 Å². The van der Waals surface area contributed by atoms with Crippen LogP contribution in [0.3, 0.4) is 0 Å². The van der Waals surface area contributed by atoms with E-state index in [0.29, 0.717) is 6.61 Å². The summed E-state index contributed by atoms with van der Waals surface area (Å²) in [5.74, 6) is 0. The largest absolute Gasteiger partial charge is 0.383 e. The highest BCUT2D eigenvalue weighted by Crippen LogP contribution is 2.21. The second kappa shape index (κ2) is 9.35. The van der Waals surface area contributed by atoms with Crippen molar-refractivity contribution in [3.05, 3.63) is 29.3 Å². The fourth-order valence-corrected chi connectivity index (χ4v) is 2.12. The second-order valence-electron chi connectivity index (χ2n) is 4.71. The van der Waals surface area contributed by atoms with Gasteiger partial charge in [0.15, 0.2) is 0 Å². The van der Waals surface area contributed by atoms with E-state index in [2.05, 4.69) is 36.2 Å². The van der Waals surface area contributed by atoms with E-state index in [-0.39, 0.29) is 0 Å². The van der Waals surface area contributed by atoms with Crippen LogP contribution in [0.4, 0.5) is 5.69 Å². The van der Waals surface area contributed by atoms with Gasteiger partial charge in [-0.25, -0.2) is 0 Å². The van der Waals surface area contributed by atoms with Crippen LogP contribution in [-0.2, 0) is 11.3 Å². The van der Waals surface area contributed by atoms with E-state index in [1.165, 1.54) is 0 Å². The van der Waals surface area contributed by atoms with Crippen LogP contribution in [0, 0.1) is 11.3 Å². The van der Waals surface area contributed by atoms with Crippen molar-refractivity contribution in [3.8, 4) is 6.07 Å². The minimum atomic E-state index is 0.665. The van der Waals surface area contributed by atoms with Crippen LogP contribution in [0.2, 0.25) is 0 Å². The highest BCUT2D eigenvalue weighted by molar-refractivity contribution is 5.60. The van der Waals surface area contributed by atoms with Gasteiger partial charge >= 0.3 is 0 Å². The lowest BCUT2D eigenvalue weighted by molar-refractivity contribution is 0.205. The lowest BCUT2D eigenvalue weighted by atomic mass is 10.1. The molecule has 0 unspecified atom stereocenters. The Labute approximate surface area is 122 Å². The molecule has 0 spiro atoms. The zero-order valence-corrected chi connectivity index (χ0v) is 12.8. The molecule has 110 valence electrons. The number of ether oxygens (including phenoxy) is 1. The topological polar surface area (TPSA) is 48.3 Å². The van der Waals surface area contributed by atoms with Crippen molar-refractivity contribution in [1.29, 1.82) is 5.26 Å². The molecule has 4 nitrogen and oxygen atoms in total. The summed E-state index contributed by atoms with van der Waals surface area (Å²) in [4.78, 5) is 2.17. The van der Waals surface area contributed by atoms with Crippen LogP contribution in [0.25, 0.3) is 0 Å². The number of hydrogen-bond acceptors (Lipinski definition) is 4. The molecule has 0 bridgehead atoms. The Morgan fingerprint density at radius 1 is 1.35 bits per heavy atom. The minimum absolute atomic E-state index is 0.665. The maximum absolute atomic E-state index is 9.36. The van der Waals surface area contributed by atoms with E-state index in [1.807, 2.05) is 12.1 Å². The first-order chi connectivity index (χ1) is 9.76. The van der Waals surface area contributed by atoms with Gasteiger partial charge in [0.2, 0.25) is 0 Å². The molecule has 0 heterocycles. The van der Waals surface area contributed by atoms with Gasteiger partial charge in [-0.05, 0) is 37.6 Å². The zero-order valence-electron chi connectivity index (χ0n) is 12.8. The summed E-state index contributed by atoms with van der Waals surface area (Å²) < 4.78 is 5.12. The first kappa shape index (κ1) is 16.5. The Bertz CT molecular complexity index is 440. The third-order valence-corrected chi connectivity index (χ3v) is 3.23. The summed E-state index contributed by atoms with van der Waals surface area (Å²) in [6, 6.07) is 8.42. The van der Waals surface area contributed by atoms with Crippen molar-refractivity contribution in [3.63, 3.8) is 0 Å². The minimum Gasteiger partial charge on any atom is -0.383 e. The van der Waals surface area contributed by atoms with Gasteiger partial charge in [-0.2, -0.15) is 5.26 Å². The lowest BCUT2D eigenvalue weighted by Gasteiger charge is -2.24. The molecule has 1 rings (SSSR count). The van der Waals surface area contributed by atoms with Crippen molar-refractivity contribution in [1.82, 2.24) is 5.32 Å². The number of nitriles is 1. The van der Waals surface area contributed by atoms with E-state index in [0.717, 1.165) is 49.4 Å². The van der Waals surface area contributed by atoms with Crippen molar-refractivity contribution in [2.75, 3.05) is 38.3 Å². The van der Waals surface area contributed by atoms with Crippen molar-refractivity contribution in [2.24, 2.45) is 0 Å². The molecule has 0 aromatic heterocycles. The summed E-state index contributed by atoms with van der Waals surface area (Å²) in [6.07, 6.45) is 1.11. The van der Waals surface area contributed by atoms with Crippen LogP contribution in [0.15, 0.2) is 18.2 Å². The molecule has 1 aromatic carbocycles. The number of hydrogen-bond donors (Lipinski definition) is 1. The Morgan fingerprint density at radius 3 is 2.75 bits per heavy atom. The average Bonchev–Trinajstić information content (AvgIpc) is 2.49. The molecule has 0 amide bonds. The lowest BCUT2D eigenvalue weighted by Crippen LogP contribution is -2.27. The van der Waals surface area contributed by atoms with Gasteiger partial charge in [0, 0.05) is 26.7 Å². The number of nitrogens with one attached hydrogen (secondary N) is 1. The SMILES string of the molecule is CCCNCc1ccc(N(CC)CCOC)c(C#N)c1. The number of anilines is 1. The molecule has 1 N–H and O–H groups in total. The van der Waals surface area contributed by atoms with Crippen LogP contribution in [-0.4, -0.2) is 33.4 Å². The predicted molar refractivity (Wildman–Crippen MR) is 82.9 cm³/mol. The van der Waals surface area contributed by atoms with Gasteiger partial charge < -0.3 is 15.0 Å². The van der Waals surface area contributed by atoms with Crippen molar-refractivity contribution in [2.45, 2.75) is 26.8 Å². The standard InChI is InChI=1S/C16H25N3O/c1-4-8-18-13-14-6-7-16(15(11-14)12-17)19(5-2)9-10-20-3/h6-7,11,18H,4-5,8-10,13H2,1-3H3. The number of methoxy groups -OCH3 is 1. The second-order valence-corrected chi connectivity index (χ2v) is 4.71. The molecule has 0 atom stereocenters. The quantitative estimate of drug-likeness (QED) is 0.704. The Hall–Kier alpha value is -1.57. The number of likely N-dealkylation sites (N-methyl/N-ethyl adjacent to an activating group) is 1. The van der Waals surface area contributed by atoms with Crippen LogP contribution >= 0.6 is 0 Å². The van der Waals surface area contributed by atoms with Crippen molar-refractivity contribution < 1.29 is 4.74 Å². The van der Waals surface area contributed by atoms with Gasteiger partial charge in [0.05, 0.1) is 17.9 Å². The summed E-state index contributed by atoms with van der Waals surface area (Å²) in [6.45, 7) is 8.38. The normalized spacial score (nSPS) is 10.3. The van der Waals surface area contributed by atoms with E-state index >= 15 is 0 Å².